The van der Waals surface area contributed by atoms with Crippen LogP contribution >= 0.6 is 15.9 Å². The standard InChI is InChI=1S/C9H6BrF3O2/c10-6-3-1-2-5(4-6)7(11)9(12,13)8(14)15/h1-4,7H,(H,14,15). The summed E-state index contributed by atoms with van der Waals surface area (Å²) < 4.78 is 39.1. The minimum absolute atomic E-state index is 0.378. The molecule has 1 unspecified atom stereocenters. The van der Waals surface area contributed by atoms with Crippen LogP contribution in [0, 0.1) is 0 Å². The quantitative estimate of drug-likeness (QED) is 0.925. The molecule has 0 aliphatic heterocycles. The highest BCUT2D eigenvalue weighted by molar-refractivity contribution is 9.10. The Morgan fingerprint density at radius 3 is 2.53 bits per heavy atom. The Balaban J connectivity index is 3.04. The molecule has 0 saturated heterocycles. The first-order chi connectivity index (χ1) is 6.85. The minimum atomic E-state index is -4.42. The third kappa shape index (κ3) is 2.50. The van der Waals surface area contributed by atoms with Crippen LogP contribution in [0.15, 0.2) is 28.7 Å². The van der Waals surface area contributed by atoms with E-state index in [1.807, 2.05) is 0 Å². The number of hydrogen-bond donors (Lipinski definition) is 1. The summed E-state index contributed by atoms with van der Waals surface area (Å²) in [6, 6.07) is 5.09. The summed E-state index contributed by atoms with van der Waals surface area (Å²) >= 11 is 2.98. The normalized spacial score (nSPS) is 13.6. The van der Waals surface area contributed by atoms with Gasteiger partial charge in [0.2, 0.25) is 0 Å². The first kappa shape index (κ1) is 12.0. The number of carboxylic acids is 1. The van der Waals surface area contributed by atoms with Crippen LogP contribution in [-0.2, 0) is 4.79 Å². The number of rotatable bonds is 3. The van der Waals surface area contributed by atoms with E-state index in [-0.39, 0.29) is 5.56 Å². The molecule has 0 fully saturated rings. The zero-order valence-electron chi connectivity index (χ0n) is 7.25. The van der Waals surface area contributed by atoms with Gasteiger partial charge in [-0.25, -0.2) is 9.18 Å². The largest absolute Gasteiger partial charge is 0.477 e. The molecule has 6 heteroatoms. The van der Waals surface area contributed by atoms with E-state index in [0.29, 0.717) is 4.47 Å². The van der Waals surface area contributed by atoms with E-state index in [1.54, 1.807) is 0 Å². The van der Waals surface area contributed by atoms with Crippen LogP contribution in [0.5, 0.6) is 0 Å². The van der Waals surface area contributed by atoms with E-state index in [0.717, 1.165) is 12.1 Å². The van der Waals surface area contributed by atoms with Crippen molar-refractivity contribution in [2.75, 3.05) is 0 Å². The molecule has 0 bridgehead atoms. The molecule has 0 aliphatic rings. The van der Waals surface area contributed by atoms with Crippen molar-refractivity contribution in [2.45, 2.75) is 12.1 Å². The van der Waals surface area contributed by atoms with Crippen LogP contribution in [0.2, 0.25) is 0 Å². The lowest BCUT2D eigenvalue weighted by Gasteiger charge is -2.16. The minimum Gasteiger partial charge on any atom is -0.477 e. The van der Waals surface area contributed by atoms with E-state index < -0.39 is 18.1 Å². The van der Waals surface area contributed by atoms with Gasteiger partial charge in [0.05, 0.1) is 0 Å². The molecule has 2 nitrogen and oxygen atoms in total. The fraction of sp³-hybridized carbons (Fsp3) is 0.222. The maximum atomic E-state index is 13.2. The van der Waals surface area contributed by atoms with E-state index in [1.165, 1.54) is 12.1 Å². The summed E-state index contributed by atoms with van der Waals surface area (Å²) in [6.07, 6.45) is -2.85. The third-order valence-corrected chi connectivity index (χ3v) is 2.24. The highest BCUT2D eigenvalue weighted by atomic mass is 79.9. The maximum Gasteiger partial charge on any atom is 0.378 e. The van der Waals surface area contributed by atoms with Gasteiger partial charge in [-0.3, -0.25) is 0 Å². The zero-order chi connectivity index (χ0) is 11.6. The fourth-order valence-electron chi connectivity index (χ4n) is 0.982. The second-order valence-electron chi connectivity index (χ2n) is 2.85. The summed E-state index contributed by atoms with van der Waals surface area (Å²) in [7, 11) is 0. The van der Waals surface area contributed by atoms with Crippen LogP contribution in [0.25, 0.3) is 0 Å². The topological polar surface area (TPSA) is 37.3 Å². The molecular weight excluding hydrogens is 277 g/mol. The Labute approximate surface area is 91.8 Å². The molecule has 0 saturated carbocycles. The van der Waals surface area contributed by atoms with Gasteiger partial charge < -0.3 is 5.11 Å². The predicted octanol–water partition coefficient (Wildman–Crippen LogP) is 3.18. The van der Waals surface area contributed by atoms with Gasteiger partial charge >= 0.3 is 11.9 Å². The van der Waals surface area contributed by atoms with Gasteiger partial charge in [0.15, 0.2) is 6.17 Å². The average molecular weight is 283 g/mol. The Morgan fingerprint density at radius 1 is 1.47 bits per heavy atom. The second-order valence-corrected chi connectivity index (χ2v) is 3.76. The lowest BCUT2D eigenvalue weighted by atomic mass is 10.1. The first-order valence-corrected chi connectivity index (χ1v) is 4.65. The number of aliphatic carboxylic acids is 1. The van der Waals surface area contributed by atoms with Crippen molar-refractivity contribution < 1.29 is 23.1 Å². The summed E-state index contributed by atoms with van der Waals surface area (Å²) in [4.78, 5) is 10.1. The van der Waals surface area contributed by atoms with Crippen molar-refractivity contribution >= 4 is 21.9 Å². The van der Waals surface area contributed by atoms with Crippen LogP contribution in [0.4, 0.5) is 13.2 Å². The molecule has 0 spiro atoms. The van der Waals surface area contributed by atoms with Gasteiger partial charge in [-0.1, -0.05) is 28.1 Å². The monoisotopic (exact) mass is 282 g/mol. The number of benzene rings is 1. The Kier molecular flexibility index (Phi) is 3.38. The number of halogens is 4. The highest BCUT2D eigenvalue weighted by Crippen LogP contribution is 2.35. The van der Waals surface area contributed by atoms with Crippen molar-refractivity contribution in [1.29, 1.82) is 0 Å². The molecular formula is C9H6BrF3O2. The van der Waals surface area contributed by atoms with Crippen molar-refractivity contribution in [1.82, 2.24) is 0 Å². The van der Waals surface area contributed by atoms with Crippen molar-refractivity contribution in [3.63, 3.8) is 0 Å². The molecule has 1 N–H and O–H groups in total. The molecule has 1 atom stereocenters. The van der Waals surface area contributed by atoms with Gasteiger partial charge in [-0.05, 0) is 17.7 Å². The van der Waals surface area contributed by atoms with E-state index >= 15 is 0 Å². The number of hydrogen-bond acceptors (Lipinski definition) is 1. The van der Waals surface area contributed by atoms with E-state index in [2.05, 4.69) is 15.9 Å². The Hall–Kier alpha value is -1.04. The molecule has 0 amide bonds. The number of alkyl halides is 3. The highest BCUT2D eigenvalue weighted by Gasteiger charge is 2.49. The molecule has 0 aromatic heterocycles. The first-order valence-electron chi connectivity index (χ1n) is 3.86. The molecule has 0 heterocycles. The van der Waals surface area contributed by atoms with E-state index in [9.17, 15) is 18.0 Å². The van der Waals surface area contributed by atoms with Crippen LogP contribution in [-0.4, -0.2) is 17.0 Å². The fourth-order valence-corrected chi connectivity index (χ4v) is 1.40. The summed E-state index contributed by atoms with van der Waals surface area (Å²) in [5.41, 5.74) is -0.378. The summed E-state index contributed by atoms with van der Waals surface area (Å²) in [6.45, 7) is 0. The number of carbonyl (C=O) groups is 1. The van der Waals surface area contributed by atoms with Gasteiger partial charge in [-0.2, -0.15) is 8.78 Å². The molecule has 1 aromatic rings. The molecule has 0 radical (unpaired) electrons. The van der Waals surface area contributed by atoms with Crippen LogP contribution in [0.1, 0.15) is 11.7 Å². The van der Waals surface area contributed by atoms with Gasteiger partial charge in [0, 0.05) is 4.47 Å². The molecule has 0 aliphatic carbocycles. The predicted molar refractivity (Wildman–Crippen MR) is 50.6 cm³/mol. The summed E-state index contributed by atoms with van der Waals surface area (Å²) in [5, 5.41) is 8.14. The Bertz CT molecular complexity index is 381. The SMILES string of the molecule is O=C(O)C(F)(F)C(F)c1cccc(Br)c1. The van der Waals surface area contributed by atoms with Crippen molar-refractivity contribution in [3.8, 4) is 0 Å². The van der Waals surface area contributed by atoms with E-state index in [4.69, 9.17) is 5.11 Å². The second kappa shape index (κ2) is 4.22. The average Bonchev–Trinajstić information content (AvgIpc) is 2.16. The van der Waals surface area contributed by atoms with Crippen molar-refractivity contribution in [2.24, 2.45) is 0 Å². The number of carboxylic acid groups (broad SMARTS) is 1. The van der Waals surface area contributed by atoms with Gasteiger partial charge in [0.1, 0.15) is 0 Å². The summed E-state index contributed by atoms with van der Waals surface area (Å²) in [5.74, 6) is -6.89. The Morgan fingerprint density at radius 2 is 2.07 bits per heavy atom. The third-order valence-electron chi connectivity index (χ3n) is 1.74. The van der Waals surface area contributed by atoms with Crippen LogP contribution < -0.4 is 0 Å². The lowest BCUT2D eigenvalue weighted by molar-refractivity contribution is -0.175. The molecule has 82 valence electrons. The molecule has 15 heavy (non-hydrogen) atoms. The van der Waals surface area contributed by atoms with Crippen molar-refractivity contribution in [3.05, 3.63) is 34.3 Å². The smallest absolute Gasteiger partial charge is 0.378 e. The lowest BCUT2D eigenvalue weighted by Crippen LogP contribution is -2.33. The van der Waals surface area contributed by atoms with Crippen LogP contribution in [0.3, 0.4) is 0 Å². The zero-order valence-corrected chi connectivity index (χ0v) is 8.84. The molecule has 1 aromatic carbocycles. The van der Waals surface area contributed by atoms with Gasteiger partial charge in [0.25, 0.3) is 0 Å². The van der Waals surface area contributed by atoms with Gasteiger partial charge in [-0.15, -0.1) is 0 Å². The maximum absolute atomic E-state index is 13.2. The molecule has 1 rings (SSSR count).